The van der Waals surface area contributed by atoms with Crippen molar-refractivity contribution in [2.75, 3.05) is 7.05 Å². The molecule has 0 amide bonds. The number of likely N-dealkylation sites (N-methyl/N-ethyl adjacent to an activating group) is 1. The highest BCUT2D eigenvalue weighted by Gasteiger charge is 2.03. The lowest BCUT2D eigenvalue weighted by Gasteiger charge is -2.13. The van der Waals surface area contributed by atoms with Crippen molar-refractivity contribution in [2.24, 2.45) is 0 Å². The second kappa shape index (κ2) is 5.78. The molecule has 0 bridgehead atoms. The van der Waals surface area contributed by atoms with Crippen LogP contribution in [0.25, 0.3) is 0 Å². The zero-order chi connectivity index (χ0) is 9.56. The minimum atomic E-state index is 0.388. The van der Waals surface area contributed by atoms with Gasteiger partial charge in [0.1, 0.15) is 0 Å². The smallest absolute Gasteiger partial charge is 0.0291 e. The number of nitrogens with one attached hydrogen (secondary N) is 1. The molecule has 0 spiro atoms. The lowest BCUT2D eigenvalue weighted by atomic mass is 10.0. The Bertz CT molecular complexity index is 199. The van der Waals surface area contributed by atoms with Gasteiger partial charge in [-0.05, 0) is 39.0 Å². The van der Waals surface area contributed by atoms with Crippen molar-refractivity contribution in [3.05, 3.63) is 36.0 Å². The van der Waals surface area contributed by atoms with Crippen molar-refractivity contribution < 1.29 is 0 Å². The summed E-state index contributed by atoms with van der Waals surface area (Å²) in [5.74, 6) is 0. The zero-order valence-electron chi connectivity index (χ0n) is 8.52. The summed E-state index contributed by atoms with van der Waals surface area (Å²) in [6, 6.07) is 0.388. The molecule has 0 aliphatic rings. The third kappa shape index (κ3) is 3.05. The van der Waals surface area contributed by atoms with Crippen molar-refractivity contribution in [2.45, 2.75) is 26.8 Å². The fourth-order valence-corrected chi connectivity index (χ4v) is 1.07. The summed E-state index contributed by atoms with van der Waals surface area (Å²) >= 11 is 0. The van der Waals surface area contributed by atoms with Gasteiger partial charge in [-0.3, -0.25) is 0 Å². The first-order valence-electron chi connectivity index (χ1n) is 4.30. The summed E-state index contributed by atoms with van der Waals surface area (Å²) in [6.45, 7) is 10.0. The number of rotatable bonds is 4. The first kappa shape index (κ1) is 11.2. The number of hydrogen-bond acceptors (Lipinski definition) is 1. The Morgan fingerprint density at radius 1 is 1.50 bits per heavy atom. The van der Waals surface area contributed by atoms with E-state index in [2.05, 4.69) is 37.9 Å². The molecule has 0 aliphatic heterocycles. The van der Waals surface area contributed by atoms with Gasteiger partial charge in [0, 0.05) is 6.04 Å². The highest BCUT2D eigenvalue weighted by atomic mass is 14.9. The van der Waals surface area contributed by atoms with Gasteiger partial charge >= 0.3 is 0 Å². The van der Waals surface area contributed by atoms with Crippen LogP contribution in [-0.4, -0.2) is 13.1 Å². The Morgan fingerprint density at radius 2 is 2.08 bits per heavy atom. The average molecular weight is 165 g/mol. The molecule has 68 valence electrons. The Balaban J connectivity index is 4.76. The van der Waals surface area contributed by atoms with E-state index in [4.69, 9.17) is 0 Å². The fourth-order valence-electron chi connectivity index (χ4n) is 1.07. The lowest BCUT2D eigenvalue weighted by molar-refractivity contribution is 0.701. The van der Waals surface area contributed by atoms with E-state index in [1.807, 2.05) is 20.0 Å². The van der Waals surface area contributed by atoms with Crippen LogP contribution in [0.5, 0.6) is 0 Å². The van der Waals surface area contributed by atoms with Gasteiger partial charge in [0.25, 0.3) is 0 Å². The minimum Gasteiger partial charge on any atom is -0.313 e. The van der Waals surface area contributed by atoms with Crippen molar-refractivity contribution in [1.82, 2.24) is 5.32 Å². The first-order chi connectivity index (χ1) is 5.67. The predicted octanol–water partition coefficient (Wildman–Crippen LogP) is 2.67. The van der Waals surface area contributed by atoms with Gasteiger partial charge < -0.3 is 5.32 Å². The molecule has 1 N–H and O–H groups in total. The molecule has 0 aromatic carbocycles. The van der Waals surface area contributed by atoms with E-state index in [0.29, 0.717) is 6.04 Å². The molecule has 1 nitrogen and oxygen atoms in total. The fraction of sp³-hybridized carbons (Fsp3) is 0.455. The van der Waals surface area contributed by atoms with Crippen LogP contribution in [-0.2, 0) is 0 Å². The lowest BCUT2D eigenvalue weighted by Crippen LogP contribution is -2.23. The van der Waals surface area contributed by atoms with Crippen LogP contribution in [0.15, 0.2) is 36.0 Å². The van der Waals surface area contributed by atoms with Crippen LogP contribution in [0.3, 0.4) is 0 Å². The van der Waals surface area contributed by atoms with Crippen LogP contribution in [0.2, 0.25) is 0 Å². The SMILES string of the molecule is C=C/C(C)=C(\C=C/C)C(C)NC. The van der Waals surface area contributed by atoms with E-state index in [1.165, 1.54) is 11.1 Å². The quantitative estimate of drug-likeness (QED) is 0.631. The van der Waals surface area contributed by atoms with Crippen LogP contribution in [0.4, 0.5) is 0 Å². The Hall–Kier alpha value is -0.820. The largest absolute Gasteiger partial charge is 0.313 e. The van der Waals surface area contributed by atoms with Crippen molar-refractivity contribution >= 4 is 0 Å². The van der Waals surface area contributed by atoms with Gasteiger partial charge in [-0.25, -0.2) is 0 Å². The molecule has 0 radical (unpaired) electrons. The molecule has 0 saturated carbocycles. The molecule has 0 heterocycles. The van der Waals surface area contributed by atoms with Gasteiger partial charge in [0.15, 0.2) is 0 Å². The summed E-state index contributed by atoms with van der Waals surface area (Å²) < 4.78 is 0. The molecular formula is C11H19N. The van der Waals surface area contributed by atoms with Gasteiger partial charge in [0.2, 0.25) is 0 Å². The molecular weight excluding hydrogens is 146 g/mol. The average Bonchev–Trinajstić information content (AvgIpc) is 2.11. The van der Waals surface area contributed by atoms with Gasteiger partial charge in [-0.1, -0.05) is 24.8 Å². The number of allylic oxidation sites excluding steroid dienone is 3. The molecule has 0 saturated heterocycles. The standard InChI is InChI=1S/C11H19N/c1-6-8-11(9(3)7-2)10(4)12-5/h6-8,10,12H,2H2,1,3-5H3/b8-6-,11-9+. The molecule has 0 aromatic heterocycles. The highest BCUT2D eigenvalue weighted by Crippen LogP contribution is 2.11. The minimum absolute atomic E-state index is 0.388. The molecule has 0 fully saturated rings. The second-order valence-electron chi connectivity index (χ2n) is 2.85. The predicted molar refractivity (Wildman–Crippen MR) is 56.2 cm³/mol. The van der Waals surface area contributed by atoms with Gasteiger partial charge in [-0.15, -0.1) is 0 Å². The maximum atomic E-state index is 3.76. The normalized spacial score (nSPS) is 16.0. The monoisotopic (exact) mass is 165 g/mol. The van der Waals surface area contributed by atoms with E-state index in [-0.39, 0.29) is 0 Å². The molecule has 0 aliphatic carbocycles. The zero-order valence-corrected chi connectivity index (χ0v) is 8.52. The third-order valence-electron chi connectivity index (χ3n) is 2.01. The van der Waals surface area contributed by atoms with E-state index in [0.717, 1.165) is 0 Å². The Labute approximate surface area is 75.9 Å². The molecule has 1 heteroatoms. The Morgan fingerprint density at radius 3 is 2.42 bits per heavy atom. The van der Waals surface area contributed by atoms with Crippen LogP contribution >= 0.6 is 0 Å². The third-order valence-corrected chi connectivity index (χ3v) is 2.01. The molecule has 0 aromatic rings. The van der Waals surface area contributed by atoms with Crippen LogP contribution in [0, 0.1) is 0 Å². The highest BCUT2D eigenvalue weighted by molar-refractivity contribution is 5.34. The summed E-state index contributed by atoms with van der Waals surface area (Å²) in [4.78, 5) is 0. The van der Waals surface area contributed by atoms with E-state index in [9.17, 15) is 0 Å². The van der Waals surface area contributed by atoms with E-state index in [1.54, 1.807) is 0 Å². The van der Waals surface area contributed by atoms with Crippen LogP contribution in [0.1, 0.15) is 20.8 Å². The van der Waals surface area contributed by atoms with Crippen molar-refractivity contribution in [3.8, 4) is 0 Å². The summed E-state index contributed by atoms with van der Waals surface area (Å²) in [7, 11) is 1.96. The summed E-state index contributed by atoms with van der Waals surface area (Å²) in [6.07, 6.45) is 6.07. The Kier molecular flexibility index (Phi) is 5.39. The van der Waals surface area contributed by atoms with Gasteiger partial charge in [-0.2, -0.15) is 0 Å². The van der Waals surface area contributed by atoms with E-state index < -0.39 is 0 Å². The maximum absolute atomic E-state index is 3.76. The molecule has 12 heavy (non-hydrogen) atoms. The number of hydrogen-bond donors (Lipinski definition) is 1. The first-order valence-corrected chi connectivity index (χ1v) is 4.30. The molecule has 1 atom stereocenters. The summed E-state index contributed by atoms with van der Waals surface area (Å²) in [5, 5.41) is 3.21. The molecule has 1 unspecified atom stereocenters. The van der Waals surface area contributed by atoms with Crippen molar-refractivity contribution in [1.29, 1.82) is 0 Å². The molecule has 0 rings (SSSR count). The van der Waals surface area contributed by atoms with Crippen molar-refractivity contribution in [3.63, 3.8) is 0 Å². The summed E-state index contributed by atoms with van der Waals surface area (Å²) in [5.41, 5.74) is 2.53. The van der Waals surface area contributed by atoms with E-state index >= 15 is 0 Å². The topological polar surface area (TPSA) is 12.0 Å². The maximum Gasteiger partial charge on any atom is 0.0291 e. The van der Waals surface area contributed by atoms with Crippen LogP contribution < -0.4 is 5.32 Å². The van der Waals surface area contributed by atoms with Gasteiger partial charge in [0.05, 0.1) is 0 Å². The second-order valence-corrected chi connectivity index (χ2v) is 2.85.